The fourth-order valence-electron chi connectivity index (χ4n) is 2.17. The van der Waals surface area contributed by atoms with E-state index in [1.807, 2.05) is 36.0 Å². The summed E-state index contributed by atoms with van der Waals surface area (Å²) in [6.07, 6.45) is 3.73. The molecule has 0 spiro atoms. The first kappa shape index (κ1) is 16.0. The second-order valence-corrected chi connectivity index (χ2v) is 5.23. The first-order valence-electron chi connectivity index (χ1n) is 7.28. The van der Waals surface area contributed by atoms with Crippen LogP contribution in [0.1, 0.15) is 18.1 Å². The number of rotatable bonds is 7. The number of nitrogens with zero attached hydrogens (tertiary/aromatic N) is 3. The summed E-state index contributed by atoms with van der Waals surface area (Å²) in [5.41, 5.74) is 8.18. The minimum Gasteiger partial charge on any atom is -0.383 e. The molecule has 3 N–H and O–H groups in total. The number of aliphatic imine (C=N–C) groups is 1. The van der Waals surface area contributed by atoms with E-state index in [1.165, 1.54) is 5.56 Å². The molecule has 0 saturated carbocycles. The summed E-state index contributed by atoms with van der Waals surface area (Å²) in [5, 5.41) is 7.30. The van der Waals surface area contributed by atoms with Crippen molar-refractivity contribution in [3.8, 4) is 0 Å². The summed E-state index contributed by atoms with van der Waals surface area (Å²) in [5.74, 6) is 0.432. The fraction of sp³-hybridized carbons (Fsp3) is 0.375. The second kappa shape index (κ2) is 8.19. The van der Waals surface area contributed by atoms with Gasteiger partial charge in [0.1, 0.15) is 0 Å². The maximum absolute atomic E-state index is 5.87. The summed E-state index contributed by atoms with van der Waals surface area (Å²) < 4.78 is 6.95. The molecule has 0 saturated heterocycles. The molecular formula is C16H23N5O. The van der Waals surface area contributed by atoms with E-state index in [0.717, 1.165) is 12.1 Å². The molecule has 0 aliphatic rings. The van der Waals surface area contributed by atoms with Crippen LogP contribution < -0.4 is 11.1 Å². The SMILES string of the molecule is COCC(C)NC(N)=NCc1cccc(Cn2cccn2)c1. The molecule has 6 nitrogen and oxygen atoms in total. The first-order valence-corrected chi connectivity index (χ1v) is 7.28. The lowest BCUT2D eigenvalue weighted by Gasteiger charge is -2.13. The van der Waals surface area contributed by atoms with Crippen molar-refractivity contribution in [3.05, 3.63) is 53.9 Å². The molecule has 22 heavy (non-hydrogen) atoms. The molecule has 0 amide bonds. The van der Waals surface area contributed by atoms with Crippen LogP contribution in [0.15, 0.2) is 47.7 Å². The lowest BCUT2D eigenvalue weighted by molar-refractivity contribution is 0.179. The van der Waals surface area contributed by atoms with Gasteiger partial charge < -0.3 is 15.8 Å². The number of hydrogen-bond donors (Lipinski definition) is 2. The molecule has 0 fully saturated rings. The molecule has 0 bridgehead atoms. The molecule has 6 heteroatoms. The molecule has 1 unspecified atom stereocenters. The van der Waals surface area contributed by atoms with Crippen molar-refractivity contribution >= 4 is 5.96 Å². The number of guanidine groups is 1. The van der Waals surface area contributed by atoms with Crippen molar-refractivity contribution in [3.63, 3.8) is 0 Å². The molecule has 0 aliphatic heterocycles. The number of hydrogen-bond acceptors (Lipinski definition) is 3. The Morgan fingerprint density at radius 1 is 1.41 bits per heavy atom. The van der Waals surface area contributed by atoms with Crippen LogP contribution in [0.2, 0.25) is 0 Å². The minimum atomic E-state index is 0.139. The maximum atomic E-state index is 5.87. The summed E-state index contributed by atoms with van der Waals surface area (Å²) in [6, 6.07) is 10.3. The van der Waals surface area contributed by atoms with Gasteiger partial charge in [-0.25, -0.2) is 4.99 Å². The number of benzene rings is 1. The van der Waals surface area contributed by atoms with E-state index in [2.05, 4.69) is 27.5 Å². The minimum absolute atomic E-state index is 0.139. The van der Waals surface area contributed by atoms with Gasteiger partial charge in [-0.2, -0.15) is 5.10 Å². The van der Waals surface area contributed by atoms with Crippen molar-refractivity contribution in [2.45, 2.75) is 26.1 Å². The molecule has 1 aromatic carbocycles. The van der Waals surface area contributed by atoms with Gasteiger partial charge in [0.25, 0.3) is 0 Å². The quantitative estimate of drug-likeness (QED) is 0.598. The van der Waals surface area contributed by atoms with E-state index >= 15 is 0 Å². The van der Waals surface area contributed by atoms with Crippen LogP contribution in [0.5, 0.6) is 0 Å². The Labute approximate surface area is 131 Å². The van der Waals surface area contributed by atoms with Gasteiger partial charge in [0, 0.05) is 25.5 Å². The van der Waals surface area contributed by atoms with Crippen molar-refractivity contribution in [1.82, 2.24) is 15.1 Å². The third-order valence-electron chi connectivity index (χ3n) is 3.14. The lowest BCUT2D eigenvalue weighted by Crippen LogP contribution is -2.40. The Balaban J connectivity index is 1.92. The zero-order valence-corrected chi connectivity index (χ0v) is 13.1. The largest absolute Gasteiger partial charge is 0.383 e. The van der Waals surface area contributed by atoms with Crippen molar-refractivity contribution < 1.29 is 4.74 Å². The van der Waals surface area contributed by atoms with Crippen LogP contribution in [0.4, 0.5) is 0 Å². The molecule has 2 rings (SSSR count). The van der Waals surface area contributed by atoms with Gasteiger partial charge in [-0.15, -0.1) is 0 Å². The second-order valence-electron chi connectivity index (χ2n) is 5.23. The zero-order valence-electron chi connectivity index (χ0n) is 13.1. The summed E-state index contributed by atoms with van der Waals surface area (Å²) in [4.78, 5) is 4.36. The number of aromatic nitrogens is 2. The third-order valence-corrected chi connectivity index (χ3v) is 3.14. The molecule has 1 aromatic heterocycles. The third kappa shape index (κ3) is 5.21. The van der Waals surface area contributed by atoms with Crippen LogP contribution in [0, 0.1) is 0 Å². The van der Waals surface area contributed by atoms with E-state index in [-0.39, 0.29) is 6.04 Å². The number of nitrogens with one attached hydrogen (secondary N) is 1. The molecule has 1 heterocycles. The van der Waals surface area contributed by atoms with E-state index < -0.39 is 0 Å². The Bertz CT molecular complexity index is 594. The van der Waals surface area contributed by atoms with Crippen LogP contribution in [-0.2, 0) is 17.8 Å². The van der Waals surface area contributed by atoms with Crippen molar-refractivity contribution in [2.75, 3.05) is 13.7 Å². The van der Waals surface area contributed by atoms with Gasteiger partial charge in [-0.1, -0.05) is 24.3 Å². The van der Waals surface area contributed by atoms with Crippen LogP contribution in [0.3, 0.4) is 0 Å². The van der Waals surface area contributed by atoms with Crippen LogP contribution in [-0.4, -0.2) is 35.5 Å². The van der Waals surface area contributed by atoms with E-state index in [4.69, 9.17) is 10.5 Å². The predicted octanol–water partition coefficient (Wildman–Crippen LogP) is 1.37. The predicted molar refractivity (Wildman–Crippen MR) is 87.6 cm³/mol. The van der Waals surface area contributed by atoms with E-state index in [9.17, 15) is 0 Å². The summed E-state index contributed by atoms with van der Waals surface area (Å²) in [7, 11) is 1.66. The van der Waals surface area contributed by atoms with E-state index in [0.29, 0.717) is 19.1 Å². The lowest BCUT2D eigenvalue weighted by atomic mass is 10.1. The summed E-state index contributed by atoms with van der Waals surface area (Å²) in [6.45, 7) is 3.89. The number of nitrogens with two attached hydrogens (primary N) is 1. The molecule has 0 radical (unpaired) electrons. The topological polar surface area (TPSA) is 77.5 Å². The van der Waals surface area contributed by atoms with Gasteiger partial charge in [0.05, 0.1) is 19.7 Å². The van der Waals surface area contributed by atoms with Gasteiger partial charge in [-0.05, 0) is 24.1 Å². The number of methoxy groups -OCH3 is 1. The van der Waals surface area contributed by atoms with Crippen LogP contribution in [0.25, 0.3) is 0 Å². The van der Waals surface area contributed by atoms with Gasteiger partial charge in [-0.3, -0.25) is 4.68 Å². The van der Waals surface area contributed by atoms with Gasteiger partial charge >= 0.3 is 0 Å². The van der Waals surface area contributed by atoms with Crippen molar-refractivity contribution in [1.29, 1.82) is 0 Å². The Morgan fingerprint density at radius 2 is 2.23 bits per heavy atom. The van der Waals surface area contributed by atoms with Gasteiger partial charge in [0.15, 0.2) is 5.96 Å². The molecule has 2 aromatic rings. The monoisotopic (exact) mass is 301 g/mol. The Morgan fingerprint density at radius 3 is 2.95 bits per heavy atom. The zero-order chi connectivity index (χ0) is 15.8. The highest BCUT2D eigenvalue weighted by atomic mass is 16.5. The Kier molecular flexibility index (Phi) is 5.97. The van der Waals surface area contributed by atoms with Crippen LogP contribution >= 0.6 is 0 Å². The fourth-order valence-corrected chi connectivity index (χ4v) is 2.17. The van der Waals surface area contributed by atoms with Crippen molar-refractivity contribution in [2.24, 2.45) is 10.7 Å². The molecular weight excluding hydrogens is 278 g/mol. The first-order chi connectivity index (χ1) is 10.7. The molecule has 0 aliphatic carbocycles. The Hall–Kier alpha value is -2.34. The smallest absolute Gasteiger partial charge is 0.189 e. The highest BCUT2D eigenvalue weighted by Crippen LogP contribution is 2.08. The highest BCUT2D eigenvalue weighted by molar-refractivity contribution is 5.78. The van der Waals surface area contributed by atoms with E-state index in [1.54, 1.807) is 13.3 Å². The molecule has 118 valence electrons. The average Bonchev–Trinajstić information content (AvgIpc) is 2.99. The maximum Gasteiger partial charge on any atom is 0.189 e. The average molecular weight is 301 g/mol. The highest BCUT2D eigenvalue weighted by Gasteiger charge is 2.02. The molecule has 1 atom stereocenters. The standard InChI is InChI=1S/C16H23N5O/c1-13(12-22-2)20-16(17)18-10-14-5-3-6-15(9-14)11-21-8-4-7-19-21/h3-9,13H,10-12H2,1-2H3,(H3,17,18,20). The normalized spacial score (nSPS) is 13.1. The summed E-state index contributed by atoms with van der Waals surface area (Å²) >= 11 is 0. The number of ether oxygens (including phenoxy) is 1. The van der Waals surface area contributed by atoms with Gasteiger partial charge in [0.2, 0.25) is 0 Å².